The molecule has 1 fully saturated rings. The predicted molar refractivity (Wildman–Crippen MR) is 67.9 cm³/mol. The molecule has 0 saturated carbocycles. The number of piperazine rings is 1. The van der Waals surface area contributed by atoms with Gasteiger partial charge in [-0.15, -0.1) is 0 Å². The SMILES string of the molecule is CCOCCCNCCN1CCN(C)CC1. The van der Waals surface area contributed by atoms with Gasteiger partial charge in [0.1, 0.15) is 0 Å². The van der Waals surface area contributed by atoms with Gasteiger partial charge in [-0.05, 0) is 26.9 Å². The summed E-state index contributed by atoms with van der Waals surface area (Å²) in [6.07, 6.45) is 1.12. The number of hydrogen-bond donors (Lipinski definition) is 1. The molecule has 0 radical (unpaired) electrons. The maximum atomic E-state index is 5.29. The molecular weight excluding hydrogens is 202 g/mol. The lowest BCUT2D eigenvalue weighted by Crippen LogP contribution is -2.46. The van der Waals surface area contributed by atoms with Crippen molar-refractivity contribution < 1.29 is 4.74 Å². The molecule has 4 heteroatoms. The van der Waals surface area contributed by atoms with E-state index in [1.165, 1.54) is 32.7 Å². The summed E-state index contributed by atoms with van der Waals surface area (Å²) in [6.45, 7) is 12.0. The summed E-state index contributed by atoms with van der Waals surface area (Å²) in [5, 5.41) is 3.47. The summed E-state index contributed by atoms with van der Waals surface area (Å²) in [7, 11) is 2.20. The molecular formula is C12H27N3O. The maximum absolute atomic E-state index is 5.29. The molecule has 0 amide bonds. The number of nitrogens with zero attached hydrogens (tertiary/aromatic N) is 2. The van der Waals surface area contributed by atoms with E-state index < -0.39 is 0 Å². The summed E-state index contributed by atoms with van der Waals surface area (Å²) in [6, 6.07) is 0. The number of rotatable bonds is 8. The Balaban J connectivity index is 1.84. The molecule has 16 heavy (non-hydrogen) atoms. The second kappa shape index (κ2) is 8.93. The smallest absolute Gasteiger partial charge is 0.0477 e. The molecule has 0 atom stereocenters. The fraction of sp³-hybridized carbons (Fsp3) is 1.00. The van der Waals surface area contributed by atoms with Gasteiger partial charge in [-0.25, -0.2) is 0 Å². The molecule has 0 unspecified atom stereocenters. The van der Waals surface area contributed by atoms with Crippen molar-refractivity contribution in [3.8, 4) is 0 Å². The van der Waals surface area contributed by atoms with Gasteiger partial charge in [-0.3, -0.25) is 4.90 Å². The van der Waals surface area contributed by atoms with Crippen LogP contribution >= 0.6 is 0 Å². The van der Waals surface area contributed by atoms with Crippen molar-refractivity contribution in [2.75, 3.05) is 66.1 Å². The van der Waals surface area contributed by atoms with Crippen LogP contribution in [0.2, 0.25) is 0 Å². The molecule has 1 saturated heterocycles. The van der Waals surface area contributed by atoms with Crippen molar-refractivity contribution in [3.05, 3.63) is 0 Å². The zero-order chi connectivity index (χ0) is 11.6. The van der Waals surface area contributed by atoms with Crippen LogP contribution in [0.4, 0.5) is 0 Å². The lowest BCUT2D eigenvalue weighted by atomic mass is 10.3. The van der Waals surface area contributed by atoms with E-state index in [9.17, 15) is 0 Å². The average Bonchev–Trinajstić information content (AvgIpc) is 2.30. The zero-order valence-electron chi connectivity index (χ0n) is 10.9. The van der Waals surface area contributed by atoms with Crippen LogP contribution in [0, 0.1) is 0 Å². The van der Waals surface area contributed by atoms with E-state index in [1.54, 1.807) is 0 Å². The summed E-state index contributed by atoms with van der Waals surface area (Å²) in [4.78, 5) is 4.93. The standard InChI is InChI=1S/C12H27N3O/c1-3-16-12-4-5-13-6-7-15-10-8-14(2)9-11-15/h13H,3-12H2,1-2H3. The van der Waals surface area contributed by atoms with Gasteiger partial charge in [0, 0.05) is 52.5 Å². The largest absolute Gasteiger partial charge is 0.382 e. The highest BCUT2D eigenvalue weighted by atomic mass is 16.5. The van der Waals surface area contributed by atoms with Gasteiger partial charge in [-0.1, -0.05) is 0 Å². The first-order valence-corrected chi connectivity index (χ1v) is 6.52. The van der Waals surface area contributed by atoms with E-state index in [-0.39, 0.29) is 0 Å². The van der Waals surface area contributed by atoms with Crippen LogP contribution < -0.4 is 5.32 Å². The second-order valence-corrected chi connectivity index (χ2v) is 4.45. The fourth-order valence-electron chi connectivity index (χ4n) is 1.88. The van der Waals surface area contributed by atoms with Gasteiger partial charge < -0.3 is 15.0 Å². The van der Waals surface area contributed by atoms with E-state index in [0.717, 1.165) is 32.7 Å². The number of nitrogens with one attached hydrogen (secondary N) is 1. The molecule has 0 bridgehead atoms. The first-order chi connectivity index (χ1) is 7.83. The van der Waals surface area contributed by atoms with Crippen molar-refractivity contribution in [2.24, 2.45) is 0 Å². The van der Waals surface area contributed by atoms with Crippen LogP contribution in [0.5, 0.6) is 0 Å². The second-order valence-electron chi connectivity index (χ2n) is 4.45. The third-order valence-corrected chi connectivity index (χ3v) is 3.05. The Kier molecular flexibility index (Phi) is 7.76. The minimum atomic E-state index is 0.835. The molecule has 1 aliphatic rings. The first-order valence-electron chi connectivity index (χ1n) is 6.52. The highest BCUT2D eigenvalue weighted by Crippen LogP contribution is 1.97. The summed E-state index contributed by atoms with van der Waals surface area (Å²) < 4.78 is 5.29. The van der Waals surface area contributed by atoms with Crippen molar-refractivity contribution in [2.45, 2.75) is 13.3 Å². The van der Waals surface area contributed by atoms with E-state index in [0.29, 0.717) is 0 Å². The normalized spacial score (nSPS) is 19.1. The lowest BCUT2D eigenvalue weighted by molar-refractivity contribution is 0.142. The van der Waals surface area contributed by atoms with Crippen LogP contribution in [-0.2, 0) is 4.74 Å². The van der Waals surface area contributed by atoms with E-state index in [4.69, 9.17) is 4.74 Å². The van der Waals surface area contributed by atoms with Gasteiger partial charge in [0.25, 0.3) is 0 Å². The van der Waals surface area contributed by atoms with Crippen molar-refractivity contribution in [3.63, 3.8) is 0 Å². The zero-order valence-corrected chi connectivity index (χ0v) is 10.9. The van der Waals surface area contributed by atoms with Crippen molar-refractivity contribution >= 4 is 0 Å². The van der Waals surface area contributed by atoms with Crippen LogP contribution in [0.3, 0.4) is 0 Å². The first kappa shape index (κ1) is 13.9. The molecule has 96 valence electrons. The third kappa shape index (κ3) is 6.43. The average molecular weight is 229 g/mol. The number of likely N-dealkylation sites (N-methyl/N-ethyl adjacent to an activating group) is 1. The number of hydrogen-bond acceptors (Lipinski definition) is 4. The minimum absolute atomic E-state index is 0.835. The van der Waals surface area contributed by atoms with Crippen LogP contribution in [0.25, 0.3) is 0 Å². The fourth-order valence-corrected chi connectivity index (χ4v) is 1.88. The van der Waals surface area contributed by atoms with E-state index in [1.807, 2.05) is 6.92 Å². The molecule has 0 aromatic carbocycles. The highest BCUT2D eigenvalue weighted by molar-refractivity contribution is 4.69. The van der Waals surface area contributed by atoms with Gasteiger partial charge in [0.05, 0.1) is 0 Å². The molecule has 1 N–H and O–H groups in total. The maximum Gasteiger partial charge on any atom is 0.0477 e. The van der Waals surface area contributed by atoms with Gasteiger partial charge in [0.2, 0.25) is 0 Å². The quantitative estimate of drug-likeness (QED) is 0.604. The van der Waals surface area contributed by atoms with Crippen LogP contribution in [0.15, 0.2) is 0 Å². The van der Waals surface area contributed by atoms with Gasteiger partial charge in [0.15, 0.2) is 0 Å². The van der Waals surface area contributed by atoms with E-state index >= 15 is 0 Å². The predicted octanol–water partition coefficient (Wildman–Crippen LogP) is 0.250. The molecule has 1 rings (SSSR count). The molecule has 0 spiro atoms. The number of ether oxygens (including phenoxy) is 1. The van der Waals surface area contributed by atoms with E-state index in [2.05, 4.69) is 22.2 Å². The molecule has 0 aromatic rings. The van der Waals surface area contributed by atoms with Crippen molar-refractivity contribution in [1.82, 2.24) is 15.1 Å². The molecule has 1 aliphatic heterocycles. The Bertz CT molecular complexity index is 158. The molecule has 0 aromatic heterocycles. The summed E-state index contributed by atoms with van der Waals surface area (Å²) in [5.74, 6) is 0. The minimum Gasteiger partial charge on any atom is -0.382 e. The Hall–Kier alpha value is -0.160. The third-order valence-electron chi connectivity index (χ3n) is 3.05. The molecule has 1 heterocycles. The Labute approximate surface area is 99.9 Å². The molecule has 0 aliphatic carbocycles. The topological polar surface area (TPSA) is 27.7 Å². The summed E-state index contributed by atoms with van der Waals surface area (Å²) in [5.41, 5.74) is 0. The van der Waals surface area contributed by atoms with Crippen molar-refractivity contribution in [1.29, 1.82) is 0 Å². The monoisotopic (exact) mass is 229 g/mol. The van der Waals surface area contributed by atoms with Gasteiger partial charge >= 0.3 is 0 Å². The Morgan fingerprint density at radius 2 is 1.88 bits per heavy atom. The Morgan fingerprint density at radius 1 is 1.12 bits per heavy atom. The molecule has 4 nitrogen and oxygen atoms in total. The highest BCUT2D eigenvalue weighted by Gasteiger charge is 2.12. The lowest BCUT2D eigenvalue weighted by Gasteiger charge is -2.32. The van der Waals surface area contributed by atoms with Gasteiger partial charge in [-0.2, -0.15) is 0 Å². The Morgan fingerprint density at radius 3 is 2.56 bits per heavy atom. The summed E-state index contributed by atoms with van der Waals surface area (Å²) >= 11 is 0. The van der Waals surface area contributed by atoms with Crippen LogP contribution in [-0.4, -0.2) is 75.9 Å². The van der Waals surface area contributed by atoms with Crippen LogP contribution in [0.1, 0.15) is 13.3 Å².